The first kappa shape index (κ1) is 26.6. The molecule has 1 saturated heterocycles. The minimum Gasteiger partial charge on any atom is -0.465 e. The highest BCUT2D eigenvalue weighted by molar-refractivity contribution is 5.83. The number of likely N-dealkylation sites (tertiary alicyclic amines) is 1. The number of carbonyl (C=O) groups is 2. The van der Waals surface area contributed by atoms with Gasteiger partial charge in [-0.05, 0) is 50.2 Å². The lowest BCUT2D eigenvalue weighted by Gasteiger charge is -2.24. The lowest BCUT2D eigenvalue weighted by Crippen LogP contribution is -2.29. The van der Waals surface area contributed by atoms with Crippen molar-refractivity contribution in [3.8, 4) is 0 Å². The van der Waals surface area contributed by atoms with Gasteiger partial charge in [-0.1, -0.05) is 48.9 Å². The van der Waals surface area contributed by atoms with Crippen molar-refractivity contribution >= 4 is 23.6 Å². The van der Waals surface area contributed by atoms with E-state index in [9.17, 15) is 9.59 Å². The third-order valence-electron chi connectivity index (χ3n) is 3.89. The van der Waals surface area contributed by atoms with Crippen LogP contribution in [-0.2, 0) is 0 Å². The Bertz CT molecular complexity index is 669. The molecule has 0 aromatic heterocycles. The maximum absolute atomic E-state index is 10.1. The van der Waals surface area contributed by atoms with E-state index in [1.165, 1.54) is 32.4 Å². The van der Waals surface area contributed by atoms with Gasteiger partial charge in [0.2, 0.25) is 0 Å². The predicted octanol–water partition coefficient (Wildman–Crippen LogP) is 4.39. The predicted molar refractivity (Wildman–Crippen MR) is 120 cm³/mol. The van der Waals surface area contributed by atoms with Crippen LogP contribution in [0.2, 0.25) is 0 Å². The van der Waals surface area contributed by atoms with Gasteiger partial charge in [0.15, 0.2) is 0 Å². The van der Waals surface area contributed by atoms with Gasteiger partial charge in [0.1, 0.15) is 0 Å². The number of piperidine rings is 1. The lowest BCUT2D eigenvalue weighted by atomic mass is 10.1. The zero-order valence-electron chi connectivity index (χ0n) is 17.0. The van der Waals surface area contributed by atoms with Gasteiger partial charge in [0, 0.05) is 17.9 Å². The van der Waals surface area contributed by atoms with E-state index in [2.05, 4.69) is 22.1 Å². The number of rotatable bonds is 4. The van der Waals surface area contributed by atoms with Crippen molar-refractivity contribution in [2.24, 2.45) is 0 Å². The molecule has 2 aromatic rings. The largest absolute Gasteiger partial charge is 0.465 e. The van der Waals surface area contributed by atoms with Crippen LogP contribution in [0.4, 0.5) is 21.0 Å². The smallest absolute Gasteiger partial charge is 0.409 e. The molecule has 0 saturated carbocycles. The molecule has 2 amide bonds. The Morgan fingerprint density at radius 3 is 1.57 bits per heavy atom. The second kappa shape index (κ2) is 16.6. The summed E-state index contributed by atoms with van der Waals surface area (Å²) >= 11 is 0. The summed E-state index contributed by atoms with van der Waals surface area (Å²) in [6.07, 6.45) is 4.11. The molecule has 1 aliphatic heterocycles. The van der Waals surface area contributed by atoms with Gasteiger partial charge in [-0.3, -0.25) is 15.5 Å². The summed E-state index contributed by atoms with van der Waals surface area (Å²) < 4.78 is 0. The molecule has 0 bridgehead atoms. The van der Waals surface area contributed by atoms with Crippen LogP contribution in [0.15, 0.2) is 73.3 Å². The fraction of sp³-hybridized carbons (Fsp3) is 0.273. The van der Waals surface area contributed by atoms with E-state index >= 15 is 0 Å². The van der Waals surface area contributed by atoms with Crippen LogP contribution in [0.1, 0.15) is 19.3 Å². The lowest BCUT2D eigenvalue weighted by molar-refractivity contribution is 0.208. The average Bonchev–Trinajstić information content (AvgIpc) is 2.71. The third kappa shape index (κ3) is 13.8. The number of amides is 2. The maximum atomic E-state index is 10.1. The monoisotopic (exact) mass is 417 g/mol. The highest BCUT2D eigenvalue weighted by atomic mass is 16.4. The Morgan fingerprint density at radius 1 is 0.833 bits per heavy atom. The minimum atomic E-state index is -1.04. The number of hydrogen-bond acceptors (Lipinski definition) is 3. The van der Waals surface area contributed by atoms with Gasteiger partial charge < -0.3 is 15.7 Å². The zero-order chi connectivity index (χ0) is 21.3. The molecule has 164 valence electrons. The maximum Gasteiger partial charge on any atom is 0.409 e. The Kier molecular flexibility index (Phi) is 14.7. The molecule has 0 atom stereocenters. The molecule has 0 radical (unpaired) electrons. The zero-order valence-corrected chi connectivity index (χ0v) is 17.0. The molecule has 3 rings (SSSR count). The minimum absolute atomic E-state index is 0. The molecule has 8 heteroatoms. The van der Waals surface area contributed by atoms with Gasteiger partial charge in [0.25, 0.3) is 0 Å². The van der Waals surface area contributed by atoms with E-state index < -0.39 is 12.2 Å². The molecular weight excluding hydrogens is 386 g/mol. The summed E-state index contributed by atoms with van der Waals surface area (Å²) in [5.74, 6) is 0. The molecule has 6 N–H and O–H groups in total. The topological polar surface area (TPSA) is 133 Å². The SMILES string of the molecule is C=CCN1CCCCC1.O.O=C(O)Nc1ccccc1.O=C(O)Nc1ccccc1. The molecule has 2 aromatic carbocycles. The van der Waals surface area contributed by atoms with Gasteiger partial charge in [-0.15, -0.1) is 6.58 Å². The van der Waals surface area contributed by atoms with Crippen molar-refractivity contribution in [1.82, 2.24) is 4.90 Å². The molecule has 1 aliphatic rings. The molecule has 0 aliphatic carbocycles. The van der Waals surface area contributed by atoms with E-state index in [0.29, 0.717) is 11.4 Å². The third-order valence-corrected chi connectivity index (χ3v) is 3.89. The second-order valence-electron chi connectivity index (χ2n) is 6.24. The summed E-state index contributed by atoms with van der Waals surface area (Å²) in [7, 11) is 0. The number of nitrogens with one attached hydrogen (secondary N) is 2. The Labute approximate surface area is 177 Å². The molecular formula is C22H31N3O5. The van der Waals surface area contributed by atoms with Crippen LogP contribution < -0.4 is 10.6 Å². The molecule has 0 spiro atoms. The van der Waals surface area contributed by atoms with Crippen LogP contribution in [0.25, 0.3) is 0 Å². The highest BCUT2D eigenvalue weighted by Crippen LogP contribution is 2.07. The van der Waals surface area contributed by atoms with Crippen LogP contribution in [0.3, 0.4) is 0 Å². The normalized spacial score (nSPS) is 12.4. The quantitative estimate of drug-likeness (QED) is 0.548. The van der Waals surface area contributed by atoms with Crippen LogP contribution in [0.5, 0.6) is 0 Å². The van der Waals surface area contributed by atoms with Crippen molar-refractivity contribution in [2.75, 3.05) is 30.3 Å². The highest BCUT2D eigenvalue weighted by Gasteiger charge is 2.06. The van der Waals surface area contributed by atoms with Gasteiger partial charge >= 0.3 is 12.2 Å². The summed E-state index contributed by atoms with van der Waals surface area (Å²) in [6, 6.07) is 17.5. The molecule has 8 nitrogen and oxygen atoms in total. The Balaban J connectivity index is 0.000000414. The van der Waals surface area contributed by atoms with Crippen molar-refractivity contribution in [1.29, 1.82) is 0 Å². The number of carboxylic acid groups (broad SMARTS) is 2. The molecule has 30 heavy (non-hydrogen) atoms. The number of hydrogen-bond donors (Lipinski definition) is 4. The first-order valence-corrected chi connectivity index (χ1v) is 9.44. The number of anilines is 2. The van der Waals surface area contributed by atoms with E-state index in [1.807, 2.05) is 18.2 Å². The van der Waals surface area contributed by atoms with Crippen LogP contribution >= 0.6 is 0 Å². The Morgan fingerprint density at radius 2 is 1.23 bits per heavy atom. The van der Waals surface area contributed by atoms with E-state index in [-0.39, 0.29) is 5.48 Å². The number of nitrogens with zero attached hydrogens (tertiary/aromatic N) is 1. The summed E-state index contributed by atoms with van der Waals surface area (Å²) in [5.41, 5.74) is 1.19. The van der Waals surface area contributed by atoms with E-state index in [0.717, 1.165) is 6.54 Å². The number of benzene rings is 2. The first-order chi connectivity index (χ1) is 14.0. The van der Waals surface area contributed by atoms with E-state index in [4.69, 9.17) is 10.2 Å². The summed E-state index contributed by atoms with van der Waals surface area (Å²) in [4.78, 5) is 22.6. The van der Waals surface area contributed by atoms with Gasteiger partial charge in [-0.2, -0.15) is 0 Å². The first-order valence-electron chi connectivity index (χ1n) is 9.44. The van der Waals surface area contributed by atoms with Crippen molar-refractivity contribution < 1.29 is 25.3 Å². The average molecular weight is 418 g/mol. The Hall–Kier alpha value is -3.36. The molecule has 0 unspecified atom stereocenters. The second-order valence-corrected chi connectivity index (χ2v) is 6.24. The van der Waals surface area contributed by atoms with Crippen molar-refractivity contribution in [3.63, 3.8) is 0 Å². The fourth-order valence-corrected chi connectivity index (χ4v) is 2.61. The van der Waals surface area contributed by atoms with Gasteiger partial charge in [0.05, 0.1) is 0 Å². The summed E-state index contributed by atoms with van der Waals surface area (Å²) in [5, 5.41) is 21.0. The van der Waals surface area contributed by atoms with Crippen LogP contribution in [0, 0.1) is 0 Å². The van der Waals surface area contributed by atoms with E-state index in [1.54, 1.807) is 48.5 Å². The standard InChI is InChI=1S/C8H15N.2C7H7NO2.H2O/c1-2-6-9-7-4-3-5-8-9;2*9-7(10)8-6-4-2-1-3-5-6;/h2H,1,3-8H2;2*1-5,8H,(H,9,10);1H2. The fourth-order valence-electron chi connectivity index (χ4n) is 2.61. The van der Waals surface area contributed by atoms with Crippen molar-refractivity contribution in [2.45, 2.75) is 19.3 Å². The number of para-hydroxylation sites is 2. The van der Waals surface area contributed by atoms with Crippen molar-refractivity contribution in [3.05, 3.63) is 73.3 Å². The molecule has 1 fully saturated rings. The van der Waals surface area contributed by atoms with Crippen LogP contribution in [-0.4, -0.2) is 52.4 Å². The molecule has 1 heterocycles. The van der Waals surface area contributed by atoms with Gasteiger partial charge in [-0.25, -0.2) is 9.59 Å². The summed E-state index contributed by atoms with van der Waals surface area (Å²) in [6.45, 7) is 7.36.